The number of anilines is 3. The van der Waals surface area contributed by atoms with Gasteiger partial charge in [0.1, 0.15) is 11.8 Å². The summed E-state index contributed by atoms with van der Waals surface area (Å²) in [4.78, 5) is 46.0. The number of benzene rings is 2. The number of nitrogens with zero attached hydrogens (tertiary/aromatic N) is 2. The van der Waals surface area contributed by atoms with Gasteiger partial charge in [-0.2, -0.15) is 0 Å². The highest BCUT2D eigenvalue weighted by Crippen LogP contribution is 2.67. The Morgan fingerprint density at radius 1 is 1.02 bits per heavy atom. The zero-order chi connectivity index (χ0) is 30.7. The molecule has 1 spiro atoms. The van der Waals surface area contributed by atoms with E-state index in [9.17, 15) is 19.5 Å². The standard InChI is InChI=1S/C32H41BrN4O5S/c1-4-36(5-2)22-13-9-20(10-14-22)35-30(40)28-32-19-24(33)27(43-32)25(26(32)31(41)37(28)17-7-8-18-38)29(39)34-21-11-15-23(16-12-21)42-6-3/h9-16,24-28,38H,4-8,17-19H2,1-3H3,(H,34,39)(H,35,40)/t24?,25-,26+,27-,28?,32?/m1/s1. The second-order valence-electron chi connectivity index (χ2n) is 11.3. The molecule has 0 aromatic heterocycles. The summed E-state index contributed by atoms with van der Waals surface area (Å²) < 4.78 is 4.78. The van der Waals surface area contributed by atoms with Gasteiger partial charge in [-0.25, -0.2) is 0 Å². The number of aliphatic hydroxyl groups excluding tert-OH is 1. The van der Waals surface area contributed by atoms with Gasteiger partial charge in [0.2, 0.25) is 17.7 Å². The number of carbonyl (C=O) groups excluding carboxylic acids is 3. The van der Waals surface area contributed by atoms with Gasteiger partial charge in [0.05, 0.1) is 23.2 Å². The number of amides is 3. The Labute approximate surface area is 266 Å². The monoisotopic (exact) mass is 672 g/mol. The van der Waals surface area contributed by atoms with Crippen LogP contribution in [-0.4, -0.2) is 81.4 Å². The second-order valence-corrected chi connectivity index (χ2v) is 14.0. The lowest BCUT2D eigenvalue weighted by Gasteiger charge is -2.35. The molecule has 2 aromatic carbocycles. The Bertz CT molecular complexity index is 1310. The third-order valence-corrected chi connectivity index (χ3v) is 12.1. The van der Waals surface area contributed by atoms with Crippen LogP contribution in [-0.2, 0) is 14.4 Å². The maximum absolute atomic E-state index is 14.2. The molecule has 3 saturated heterocycles. The highest BCUT2D eigenvalue weighted by atomic mass is 79.9. The van der Waals surface area contributed by atoms with Crippen molar-refractivity contribution in [1.82, 2.24) is 4.90 Å². The summed E-state index contributed by atoms with van der Waals surface area (Å²) in [5.74, 6) is -1.10. The number of hydrogen-bond acceptors (Lipinski definition) is 7. The highest BCUT2D eigenvalue weighted by molar-refractivity contribution is 9.09. The van der Waals surface area contributed by atoms with Crippen molar-refractivity contribution >= 4 is 62.5 Å². The van der Waals surface area contributed by atoms with Crippen LogP contribution in [0.5, 0.6) is 5.75 Å². The van der Waals surface area contributed by atoms with Crippen LogP contribution in [0.2, 0.25) is 0 Å². The molecule has 2 aromatic rings. The minimum atomic E-state index is -0.735. The van der Waals surface area contributed by atoms with Crippen molar-refractivity contribution < 1.29 is 24.2 Å². The van der Waals surface area contributed by atoms with Crippen molar-refractivity contribution in [3.63, 3.8) is 0 Å². The number of fused-ring (bicyclic) bond motifs is 1. The molecule has 3 amide bonds. The van der Waals surface area contributed by atoms with Crippen LogP contribution >= 0.6 is 27.7 Å². The number of halogens is 1. The molecule has 0 radical (unpaired) electrons. The van der Waals surface area contributed by atoms with Gasteiger partial charge in [-0.3, -0.25) is 14.4 Å². The maximum atomic E-state index is 14.2. The third kappa shape index (κ3) is 6.00. The van der Waals surface area contributed by atoms with Crippen LogP contribution in [0.1, 0.15) is 40.0 Å². The quantitative estimate of drug-likeness (QED) is 0.208. The topological polar surface area (TPSA) is 111 Å². The summed E-state index contributed by atoms with van der Waals surface area (Å²) in [5.41, 5.74) is 2.38. The van der Waals surface area contributed by atoms with Gasteiger partial charge >= 0.3 is 0 Å². The van der Waals surface area contributed by atoms with Gasteiger partial charge in [0.15, 0.2) is 0 Å². The first-order valence-electron chi connectivity index (χ1n) is 15.2. The molecule has 5 rings (SSSR count). The molecule has 3 heterocycles. The average Bonchev–Trinajstić information content (AvgIpc) is 3.59. The fraction of sp³-hybridized carbons (Fsp3) is 0.531. The summed E-state index contributed by atoms with van der Waals surface area (Å²) in [5, 5.41) is 15.4. The first-order chi connectivity index (χ1) is 20.8. The number of nitrogens with one attached hydrogen (secondary N) is 2. The average molecular weight is 674 g/mol. The molecular weight excluding hydrogens is 632 g/mol. The molecule has 232 valence electrons. The van der Waals surface area contributed by atoms with E-state index in [-0.39, 0.29) is 34.4 Å². The third-order valence-electron chi connectivity index (χ3n) is 8.84. The van der Waals surface area contributed by atoms with Crippen LogP contribution in [0, 0.1) is 11.8 Å². The van der Waals surface area contributed by atoms with Gasteiger partial charge in [-0.15, -0.1) is 11.8 Å². The van der Waals surface area contributed by atoms with Crippen LogP contribution in [0.25, 0.3) is 0 Å². The molecular formula is C32H41BrN4O5S. The number of aliphatic hydroxyl groups is 1. The Balaban J connectivity index is 1.41. The Hall–Kier alpha value is -2.76. The highest BCUT2D eigenvalue weighted by Gasteiger charge is 2.75. The number of alkyl halides is 1. The van der Waals surface area contributed by atoms with Crippen molar-refractivity contribution in [1.29, 1.82) is 0 Å². The first-order valence-corrected chi connectivity index (χ1v) is 17.0. The summed E-state index contributed by atoms with van der Waals surface area (Å²) >= 11 is 5.43. The summed E-state index contributed by atoms with van der Waals surface area (Å²) in [6.45, 7) is 8.81. The number of ether oxygens (including phenoxy) is 1. The van der Waals surface area contributed by atoms with Gasteiger partial charge in [-0.1, -0.05) is 15.9 Å². The Morgan fingerprint density at radius 3 is 2.26 bits per heavy atom. The van der Waals surface area contributed by atoms with E-state index < -0.39 is 22.6 Å². The number of likely N-dealkylation sites (tertiary alicyclic amines) is 1. The van der Waals surface area contributed by atoms with Crippen molar-refractivity contribution in [2.45, 2.75) is 60.9 Å². The lowest BCUT2D eigenvalue weighted by Crippen LogP contribution is -2.52. The molecule has 9 nitrogen and oxygen atoms in total. The fourth-order valence-corrected chi connectivity index (χ4v) is 10.6. The molecule has 43 heavy (non-hydrogen) atoms. The van der Waals surface area contributed by atoms with Gasteiger partial charge in [0.25, 0.3) is 0 Å². The minimum absolute atomic E-state index is 0.0137. The SMILES string of the molecule is CCOc1ccc(NC(=O)[C@H]2[C@@H]3SC4(CC3Br)C(C(=O)Nc3ccc(N(CC)CC)cc3)N(CCCCO)C(=O)[C@H]24)cc1. The van der Waals surface area contributed by atoms with Crippen molar-refractivity contribution in [2.75, 3.05) is 48.4 Å². The smallest absolute Gasteiger partial charge is 0.248 e. The molecule has 3 aliphatic heterocycles. The molecule has 0 saturated carbocycles. The first kappa shape index (κ1) is 31.7. The zero-order valence-electron chi connectivity index (χ0n) is 24.9. The largest absolute Gasteiger partial charge is 0.494 e. The molecule has 3 unspecified atom stereocenters. The molecule has 0 aliphatic carbocycles. The van der Waals surface area contributed by atoms with E-state index in [0.717, 1.165) is 24.5 Å². The zero-order valence-corrected chi connectivity index (χ0v) is 27.3. The van der Waals surface area contributed by atoms with E-state index in [2.05, 4.69) is 45.3 Å². The molecule has 2 bridgehead atoms. The molecule has 3 N–H and O–H groups in total. The maximum Gasteiger partial charge on any atom is 0.248 e. The van der Waals surface area contributed by atoms with E-state index >= 15 is 0 Å². The van der Waals surface area contributed by atoms with E-state index in [0.29, 0.717) is 43.8 Å². The summed E-state index contributed by atoms with van der Waals surface area (Å²) in [6.07, 6.45) is 1.71. The van der Waals surface area contributed by atoms with E-state index in [1.54, 1.807) is 28.8 Å². The Kier molecular flexibility index (Phi) is 9.93. The van der Waals surface area contributed by atoms with Crippen LogP contribution < -0.4 is 20.3 Å². The van der Waals surface area contributed by atoms with Crippen LogP contribution in [0.4, 0.5) is 17.1 Å². The number of rotatable bonds is 13. The van der Waals surface area contributed by atoms with Crippen molar-refractivity contribution in [3.05, 3.63) is 48.5 Å². The summed E-state index contributed by atoms with van der Waals surface area (Å²) in [7, 11) is 0. The minimum Gasteiger partial charge on any atom is -0.494 e. The number of thioether (sulfide) groups is 1. The molecule has 3 fully saturated rings. The van der Waals surface area contributed by atoms with Crippen molar-refractivity contribution in [2.24, 2.45) is 11.8 Å². The van der Waals surface area contributed by atoms with E-state index in [1.165, 1.54) is 0 Å². The number of unbranched alkanes of at least 4 members (excludes halogenated alkanes) is 1. The van der Waals surface area contributed by atoms with E-state index in [4.69, 9.17) is 4.74 Å². The normalized spacial score (nSPS) is 27.2. The van der Waals surface area contributed by atoms with Crippen molar-refractivity contribution in [3.8, 4) is 5.75 Å². The van der Waals surface area contributed by atoms with Crippen LogP contribution in [0.3, 0.4) is 0 Å². The lowest BCUT2D eigenvalue weighted by atomic mass is 9.70. The molecule has 6 atom stereocenters. The lowest BCUT2D eigenvalue weighted by molar-refractivity contribution is -0.138. The second kappa shape index (κ2) is 13.5. The number of hydrogen-bond donors (Lipinski definition) is 3. The Morgan fingerprint density at radius 2 is 1.65 bits per heavy atom. The summed E-state index contributed by atoms with van der Waals surface area (Å²) in [6, 6.07) is 14.3. The van der Waals surface area contributed by atoms with Gasteiger partial charge in [-0.05, 0) is 88.6 Å². The van der Waals surface area contributed by atoms with Gasteiger partial charge < -0.3 is 30.3 Å². The van der Waals surface area contributed by atoms with Gasteiger partial charge in [0, 0.05) is 53.4 Å². The van der Waals surface area contributed by atoms with E-state index in [1.807, 2.05) is 43.3 Å². The molecule has 11 heteroatoms. The number of carbonyl (C=O) groups is 3. The molecule has 3 aliphatic rings. The predicted octanol–water partition coefficient (Wildman–Crippen LogP) is 4.75. The predicted molar refractivity (Wildman–Crippen MR) is 175 cm³/mol. The van der Waals surface area contributed by atoms with Crippen LogP contribution in [0.15, 0.2) is 48.5 Å². The fourth-order valence-electron chi connectivity index (χ4n) is 6.95.